The van der Waals surface area contributed by atoms with Gasteiger partial charge in [-0.2, -0.15) is 4.39 Å². The maximum atomic E-state index is 13.5. The highest BCUT2D eigenvalue weighted by Crippen LogP contribution is 2.25. The fraction of sp³-hybridized carbons (Fsp3) is 0.300. The molecule has 0 amide bonds. The van der Waals surface area contributed by atoms with Crippen LogP contribution in [0.3, 0.4) is 0 Å². The number of carboxylic acid groups (broad SMARTS) is 1. The molecule has 0 atom stereocenters. The zero-order valence-corrected chi connectivity index (χ0v) is 8.71. The van der Waals surface area contributed by atoms with Gasteiger partial charge < -0.3 is 5.11 Å². The van der Waals surface area contributed by atoms with Crippen molar-refractivity contribution in [3.63, 3.8) is 0 Å². The number of rotatable bonds is 2. The summed E-state index contributed by atoms with van der Waals surface area (Å²) >= 11 is 0. The van der Waals surface area contributed by atoms with Crippen molar-refractivity contribution in [2.45, 2.75) is 0 Å². The summed E-state index contributed by atoms with van der Waals surface area (Å²) in [5.74, 6) is -3.89. The highest BCUT2D eigenvalue weighted by Gasteiger charge is 2.25. The van der Waals surface area contributed by atoms with Crippen LogP contribution in [0.1, 0.15) is 10.4 Å². The number of aromatic carboxylic acids is 1. The molecule has 0 saturated carbocycles. The largest absolute Gasteiger partial charge is 0.478 e. The van der Waals surface area contributed by atoms with Gasteiger partial charge in [0, 0.05) is 6.07 Å². The molecule has 1 rings (SSSR count). The van der Waals surface area contributed by atoms with Crippen LogP contribution in [0.15, 0.2) is 12.1 Å². The van der Waals surface area contributed by atoms with Crippen LogP contribution >= 0.6 is 0 Å². The Labute approximate surface area is 86.1 Å². The fourth-order valence-electron chi connectivity index (χ4n) is 1.22. The van der Waals surface area contributed by atoms with Crippen molar-refractivity contribution in [3.05, 3.63) is 29.3 Å². The quantitative estimate of drug-likeness (QED) is 0.766. The summed E-state index contributed by atoms with van der Waals surface area (Å²) in [6.07, 6.45) is 0. The number of carboxylic acids is 1. The number of hydrogen-bond acceptors (Lipinski definition) is 1. The number of hydrogen-bond donors (Lipinski definition) is 1. The first-order valence-corrected chi connectivity index (χ1v) is 4.28. The third-order valence-electron chi connectivity index (χ3n) is 2.02. The monoisotopic (exact) mass is 216 g/mol. The number of quaternary nitrogens is 1. The molecule has 0 saturated heterocycles. The van der Waals surface area contributed by atoms with Crippen LogP contribution in [0.25, 0.3) is 0 Å². The lowest BCUT2D eigenvalue weighted by Crippen LogP contribution is -2.36. The van der Waals surface area contributed by atoms with Crippen molar-refractivity contribution in [2.24, 2.45) is 0 Å². The maximum absolute atomic E-state index is 13.5. The van der Waals surface area contributed by atoms with Gasteiger partial charge in [-0.15, -0.1) is 0 Å². The Hall–Kier alpha value is -1.49. The first kappa shape index (κ1) is 11.6. The topological polar surface area (TPSA) is 37.3 Å². The molecule has 82 valence electrons. The van der Waals surface area contributed by atoms with E-state index < -0.39 is 23.2 Å². The Balaban J connectivity index is 3.41. The summed E-state index contributed by atoms with van der Waals surface area (Å²) in [4.78, 5) is 10.5. The Bertz CT molecular complexity index is 411. The van der Waals surface area contributed by atoms with Crippen LogP contribution in [0.4, 0.5) is 14.5 Å². The number of nitrogens with zero attached hydrogens (tertiary/aromatic N) is 1. The number of carbonyl (C=O) groups is 1. The third kappa shape index (κ3) is 2.12. The van der Waals surface area contributed by atoms with E-state index in [1.165, 1.54) is 6.07 Å². The molecule has 5 heteroatoms. The molecule has 0 heterocycles. The van der Waals surface area contributed by atoms with Crippen molar-refractivity contribution in [1.29, 1.82) is 0 Å². The van der Waals surface area contributed by atoms with Gasteiger partial charge in [0.1, 0.15) is 0 Å². The molecule has 15 heavy (non-hydrogen) atoms. The number of benzene rings is 1. The molecule has 0 aliphatic carbocycles. The second kappa shape index (κ2) is 3.58. The molecule has 1 aromatic carbocycles. The van der Waals surface area contributed by atoms with Gasteiger partial charge >= 0.3 is 5.97 Å². The summed E-state index contributed by atoms with van der Waals surface area (Å²) in [5, 5.41) is 8.57. The van der Waals surface area contributed by atoms with E-state index in [-0.39, 0.29) is 10.2 Å². The Morgan fingerprint density at radius 2 is 1.73 bits per heavy atom. The molecule has 0 bridgehead atoms. The summed E-state index contributed by atoms with van der Waals surface area (Å²) in [5.41, 5.74) is -0.540. The average Bonchev–Trinajstić information content (AvgIpc) is 2.06. The molecule has 0 fully saturated rings. The van der Waals surface area contributed by atoms with Crippen molar-refractivity contribution in [1.82, 2.24) is 4.48 Å². The molecule has 0 radical (unpaired) electrons. The lowest BCUT2D eigenvalue weighted by Gasteiger charge is -2.24. The van der Waals surface area contributed by atoms with Gasteiger partial charge in [-0.3, -0.25) is 4.48 Å². The normalized spacial score (nSPS) is 11.5. The minimum Gasteiger partial charge on any atom is -0.478 e. The molecule has 0 aliphatic rings. The van der Waals surface area contributed by atoms with Gasteiger partial charge in [-0.25, -0.2) is 9.18 Å². The molecule has 1 aromatic rings. The number of halogens is 2. The second-order valence-corrected chi connectivity index (χ2v) is 4.08. The van der Waals surface area contributed by atoms with Gasteiger partial charge in [0.25, 0.3) is 0 Å². The smallest absolute Gasteiger partial charge is 0.338 e. The highest BCUT2D eigenvalue weighted by atomic mass is 19.2. The predicted octanol–water partition coefficient (Wildman–Crippen LogP) is 1.86. The minimum atomic E-state index is -1.47. The van der Waals surface area contributed by atoms with E-state index in [2.05, 4.69) is 0 Å². The van der Waals surface area contributed by atoms with Crippen LogP contribution < -0.4 is 4.48 Å². The lowest BCUT2D eigenvalue weighted by atomic mass is 10.1. The van der Waals surface area contributed by atoms with Gasteiger partial charge in [0.15, 0.2) is 11.5 Å². The second-order valence-electron chi connectivity index (χ2n) is 4.08. The van der Waals surface area contributed by atoms with Crippen molar-refractivity contribution in [2.75, 3.05) is 21.1 Å². The summed E-state index contributed by atoms with van der Waals surface area (Å²) < 4.78 is 26.8. The Morgan fingerprint density at radius 1 is 1.20 bits per heavy atom. The summed E-state index contributed by atoms with van der Waals surface area (Å²) in [6.45, 7) is 0. The first-order chi connectivity index (χ1) is 6.75. The molecular formula is C10H12F2NO2+. The molecule has 1 N–H and O–H groups in total. The van der Waals surface area contributed by atoms with Crippen LogP contribution in [-0.4, -0.2) is 32.2 Å². The van der Waals surface area contributed by atoms with E-state index in [0.717, 1.165) is 6.07 Å². The van der Waals surface area contributed by atoms with E-state index in [0.29, 0.717) is 0 Å². The van der Waals surface area contributed by atoms with Gasteiger partial charge in [0.05, 0.1) is 26.7 Å². The molecule has 0 unspecified atom stereocenters. The maximum Gasteiger partial charge on any atom is 0.338 e. The van der Waals surface area contributed by atoms with Crippen LogP contribution in [0.2, 0.25) is 0 Å². The van der Waals surface area contributed by atoms with Crippen molar-refractivity contribution >= 4 is 11.7 Å². The Morgan fingerprint density at radius 3 is 2.13 bits per heavy atom. The molecular weight excluding hydrogens is 204 g/mol. The van der Waals surface area contributed by atoms with Gasteiger partial charge in [0.2, 0.25) is 5.82 Å². The van der Waals surface area contributed by atoms with Gasteiger partial charge in [-0.1, -0.05) is 0 Å². The Kier molecular flexibility index (Phi) is 2.77. The minimum absolute atomic E-state index is 0.0860. The lowest BCUT2D eigenvalue weighted by molar-refractivity contribution is 0.0690. The van der Waals surface area contributed by atoms with E-state index in [9.17, 15) is 13.6 Å². The fourth-order valence-corrected chi connectivity index (χ4v) is 1.22. The predicted molar refractivity (Wildman–Crippen MR) is 52.9 cm³/mol. The molecule has 0 aromatic heterocycles. The summed E-state index contributed by atoms with van der Waals surface area (Å²) in [6, 6.07) is 2.35. The van der Waals surface area contributed by atoms with Gasteiger partial charge in [-0.05, 0) is 6.07 Å². The molecule has 3 nitrogen and oxygen atoms in total. The van der Waals surface area contributed by atoms with Crippen LogP contribution in [-0.2, 0) is 0 Å². The SMILES string of the molecule is C[N+](C)(C)c1ccc(C(=O)O)c(F)c1F. The van der Waals surface area contributed by atoms with E-state index in [1.807, 2.05) is 0 Å². The van der Waals surface area contributed by atoms with Crippen LogP contribution in [0, 0.1) is 11.6 Å². The van der Waals surface area contributed by atoms with Crippen molar-refractivity contribution < 1.29 is 18.7 Å². The zero-order valence-electron chi connectivity index (χ0n) is 8.71. The van der Waals surface area contributed by atoms with E-state index in [1.54, 1.807) is 21.1 Å². The van der Waals surface area contributed by atoms with E-state index >= 15 is 0 Å². The standard InChI is InChI=1S/C10H11F2NO2/c1-13(2,3)7-5-4-6(10(14)15)8(11)9(7)12/h4-5H,1-3H3/p+1. The first-order valence-electron chi connectivity index (χ1n) is 4.28. The third-order valence-corrected chi connectivity index (χ3v) is 2.02. The molecule has 0 aliphatic heterocycles. The van der Waals surface area contributed by atoms with Crippen LogP contribution in [0.5, 0.6) is 0 Å². The zero-order chi connectivity index (χ0) is 11.8. The van der Waals surface area contributed by atoms with E-state index in [4.69, 9.17) is 5.11 Å². The molecule has 0 spiro atoms. The van der Waals surface area contributed by atoms with Crippen molar-refractivity contribution in [3.8, 4) is 0 Å². The highest BCUT2D eigenvalue weighted by molar-refractivity contribution is 5.88. The average molecular weight is 216 g/mol. The summed E-state index contributed by atoms with van der Waals surface area (Å²) in [7, 11) is 4.99.